The average molecular weight is 162 g/mol. The van der Waals surface area contributed by atoms with E-state index >= 15 is 0 Å². The highest BCUT2D eigenvalue weighted by Gasteiger charge is 2.20. The molecule has 0 aliphatic carbocycles. The molecule has 0 saturated carbocycles. The highest BCUT2D eigenvalue weighted by Crippen LogP contribution is 2.18. The fraction of sp³-hybridized carbons (Fsp3) is 1.00. The van der Waals surface area contributed by atoms with E-state index in [0.717, 1.165) is 12.8 Å². The summed E-state index contributed by atoms with van der Waals surface area (Å²) in [6.45, 7) is 3.23. The number of hydrogen-bond acceptors (Lipinski definition) is 1. The first kappa shape index (κ1) is 10.9. The quantitative estimate of drug-likeness (QED) is 0.595. The van der Waals surface area contributed by atoms with Gasteiger partial charge in [-0.3, -0.25) is 0 Å². The maximum Gasteiger partial charge on any atom is 0.131 e. The molecule has 68 valence electrons. The second-order valence-corrected chi connectivity index (χ2v) is 3.38. The molecular formula is C9H19FO. The first-order chi connectivity index (χ1) is 5.12. The molecule has 0 spiro atoms. The maximum absolute atomic E-state index is 13.0. The minimum atomic E-state index is -1.35. The van der Waals surface area contributed by atoms with Gasteiger partial charge >= 0.3 is 0 Å². The van der Waals surface area contributed by atoms with E-state index in [2.05, 4.69) is 6.92 Å². The fourth-order valence-electron chi connectivity index (χ4n) is 0.999. The molecule has 1 N–H and O–H groups in total. The highest BCUT2D eigenvalue weighted by molar-refractivity contribution is 4.70. The Balaban J connectivity index is 3.23. The summed E-state index contributed by atoms with van der Waals surface area (Å²) in [5, 5.41) is 8.58. The standard InChI is InChI=1S/C9H19FO/c1-3-4-5-6-7-9(2,10)8-11/h11H,3-8H2,1-2H3. The van der Waals surface area contributed by atoms with Gasteiger partial charge in [0.05, 0.1) is 6.61 Å². The summed E-state index contributed by atoms with van der Waals surface area (Å²) in [5.41, 5.74) is -1.35. The van der Waals surface area contributed by atoms with Crippen LogP contribution in [0.3, 0.4) is 0 Å². The summed E-state index contributed by atoms with van der Waals surface area (Å²) in [6.07, 6.45) is 4.80. The highest BCUT2D eigenvalue weighted by atomic mass is 19.1. The molecule has 11 heavy (non-hydrogen) atoms. The summed E-state index contributed by atoms with van der Waals surface area (Å²) < 4.78 is 13.0. The van der Waals surface area contributed by atoms with Crippen molar-refractivity contribution in [3.05, 3.63) is 0 Å². The molecule has 0 fully saturated rings. The van der Waals surface area contributed by atoms with Crippen LogP contribution in [0.15, 0.2) is 0 Å². The Hall–Kier alpha value is -0.110. The van der Waals surface area contributed by atoms with Crippen LogP contribution < -0.4 is 0 Å². The first-order valence-electron chi connectivity index (χ1n) is 4.42. The molecular weight excluding hydrogens is 143 g/mol. The van der Waals surface area contributed by atoms with Gasteiger partial charge in [-0.2, -0.15) is 0 Å². The van der Waals surface area contributed by atoms with Crippen molar-refractivity contribution in [3.8, 4) is 0 Å². The normalized spacial score (nSPS) is 16.4. The topological polar surface area (TPSA) is 20.2 Å². The molecule has 0 saturated heterocycles. The maximum atomic E-state index is 13.0. The van der Waals surface area contributed by atoms with E-state index < -0.39 is 5.67 Å². The zero-order valence-corrected chi connectivity index (χ0v) is 7.57. The lowest BCUT2D eigenvalue weighted by Gasteiger charge is -2.16. The van der Waals surface area contributed by atoms with Crippen LogP contribution in [-0.2, 0) is 0 Å². The van der Waals surface area contributed by atoms with Crippen LogP contribution in [0, 0.1) is 0 Å². The largest absolute Gasteiger partial charge is 0.393 e. The lowest BCUT2D eigenvalue weighted by Crippen LogP contribution is -2.22. The molecule has 0 heterocycles. The number of aliphatic hydroxyl groups is 1. The third kappa shape index (κ3) is 6.29. The van der Waals surface area contributed by atoms with Crippen molar-refractivity contribution in [2.24, 2.45) is 0 Å². The zero-order chi connectivity index (χ0) is 8.74. The van der Waals surface area contributed by atoms with Crippen molar-refractivity contribution in [3.63, 3.8) is 0 Å². The molecule has 2 heteroatoms. The van der Waals surface area contributed by atoms with E-state index in [1.54, 1.807) is 0 Å². The van der Waals surface area contributed by atoms with Crippen molar-refractivity contribution in [2.75, 3.05) is 6.61 Å². The minimum Gasteiger partial charge on any atom is -0.393 e. The van der Waals surface area contributed by atoms with Crippen LogP contribution in [0.4, 0.5) is 4.39 Å². The predicted molar refractivity (Wildman–Crippen MR) is 45.4 cm³/mol. The van der Waals surface area contributed by atoms with E-state index in [0.29, 0.717) is 6.42 Å². The second kappa shape index (κ2) is 5.53. The van der Waals surface area contributed by atoms with E-state index in [9.17, 15) is 4.39 Å². The number of rotatable bonds is 6. The average Bonchev–Trinajstić information content (AvgIpc) is 1.99. The lowest BCUT2D eigenvalue weighted by molar-refractivity contribution is 0.0772. The molecule has 0 bridgehead atoms. The number of aliphatic hydroxyl groups excluding tert-OH is 1. The molecule has 0 aromatic rings. The molecule has 0 aliphatic heterocycles. The van der Waals surface area contributed by atoms with Gasteiger partial charge in [0.1, 0.15) is 5.67 Å². The molecule has 0 radical (unpaired) electrons. The van der Waals surface area contributed by atoms with E-state index in [-0.39, 0.29) is 6.61 Å². The van der Waals surface area contributed by atoms with Crippen LogP contribution in [0.2, 0.25) is 0 Å². The SMILES string of the molecule is CCCCCCC(C)(F)CO. The second-order valence-electron chi connectivity index (χ2n) is 3.38. The van der Waals surface area contributed by atoms with Gasteiger partial charge in [-0.05, 0) is 13.3 Å². The number of alkyl halides is 1. The van der Waals surface area contributed by atoms with Crippen molar-refractivity contribution in [2.45, 2.75) is 51.6 Å². The van der Waals surface area contributed by atoms with Crippen molar-refractivity contribution < 1.29 is 9.50 Å². The fourth-order valence-corrected chi connectivity index (χ4v) is 0.999. The molecule has 1 atom stereocenters. The van der Waals surface area contributed by atoms with Gasteiger partial charge in [0, 0.05) is 0 Å². The molecule has 0 rings (SSSR count). The number of unbranched alkanes of at least 4 members (excludes halogenated alkanes) is 3. The molecule has 1 nitrogen and oxygen atoms in total. The van der Waals surface area contributed by atoms with Crippen LogP contribution in [0.5, 0.6) is 0 Å². The Labute approximate surface area is 68.6 Å². The van der Waals surface area contributed by atoms with Crippen molar-refractivity contribution >= 4 is 0 Å². The van der Waals surface area contributed by atoms with Crippen LogP contribution in [0.25, 0.3) is 0 Å². The Morgan fingerprint density at radius 1 is 1.27 bits per heavy atom. The van der Waals surface area contributed by atoms with Gasteiger partial charge in [0.25, 0.3) is 0 Å². The molecule has 0 amide bonds. The number of hydrogen-bond donors (Lipinski definition) is 1. The van der Waals surface area contributed by atoms with Gasteiger partial charge in [0.2, 0.25) is 0 Å². The third-order valence-corrected chi connectivity index (χ3v) is 1.88. The first-order valence-corrected chi connectivity index (χ1v) is 4.42. The Morgan fingerprint density at radius 2 is 1.91 bits per heavy atom. The number of halogens is 1. The minimum absolute atomic E-state index is 0.348. The monoisotopic (exact) mass is 162 g/mol. The summed E-state index contributed by atoms with van der Waals surface area (Å²) >= 11 is 0. The van der Waals surface area contributed by atoms with E-state index in [1.807, 2.05) is 0 Å². The van der Waals surface area contributed by atoms with Crippen LogP contribution in [-0.4, -0.2) is 17.4 Å². The summed E-state index contributed by atoms with van der Waals surface area (Å²) in [5.74, 6) is 0. The van der Waals surface area contributed by atoms with Gasteiger partial charge in [-0.1, -0.05) is 32.6 Å². The van der Waals surface area contributed by atoms with Crippen LogP contribution >= 0.6 is 0 Å². The Bertz CT molecular complexity index is 91.6. The Kier molecular flexibility index (Phi) is 5.47. The predicted octanol–water partition coefficient (Wildman–Crippen LogP) is 2.68. The molecule has 0 aromatic carbocycles. The molecule has 1 unspecified atom stereocenters. The zero-order valence-electron chi connectivity index (χ0n) is 7.57. The molecule has 0 aliphatic rings. The third-order valence-electron chi connectivity index (χ3n) is 1.88. The van der Waals surface area contributed by atoms with Gasteiger partial charge < -0.3 is 5.11 Å². The van der Waals surface area contributed by atoms with Gasteiger partial charge in [0.15, 0.2) is 0 Å². The van der Waals surface area contributed by atoms with E-state index in [4.69, 9.17) is 5.11 Å². The van der Waals surface area contributed by atoms with Gasteiger partial charge in [-0.25, -0.2) is 4.39 Å². The summed E-state index contributed by atoms with van der Waals surface area (Å²) in [7, 11) is 0. The Morgan fingerprint density at radius 3 is 2.36 bits per heavy atom. The molecule has 0 aromatic heterocycles. The van der Waals surface area contributed by atoms with E-state index in [1.165, 1.54) is 19.8 Å². The van der Waals surface area contributed by atoms with Crippen molar-refractivity contribution in [1.29, 1.82) is 0 Å². The lowest BCUT2D eigenvalue weighted by atomic mass is 10.0. The van der Waals surface area contributed by atoms with Crippen molar-refractivity contribution in [1.82, 2.24) is 0 Å². The summed E-state index contributed by atoms with van der Waals surface area (Å²) in [4.78, 5) is 0. The van der Waals surface area contributed by atoms with Crippen LogP contribution in [0.1, 0.15) is 46.0 Å². The van der Waals surface area contributed by atoms with Gasteiger partial charge in [-0.15, -0.1) is 0 Å². The summed E-state index contributed by atoms with van der Waals surface area (Å²) in [6, 6.07) is 0. The smallest absolute Gasteiger partial charge is 0.131 e.